The van der Waals surface area contributed by atoms with E-state index in [0.717, 1.165) is 67.8 Å². The lowest BCUT2D eigenvalue weighted by molar-refractivity contribution is -0.122. The van der Waals surface area contributed by atoms with Gasteiger partial charge >= 0.3 is 5.97 Å². The van der Waals surface area contributed by atoms with Gasteiger partial charge in [0.25, 0.3) is 0 Å². The maximum Gasteiger partial charge on any atom is 0.343 e. The number of aliphatic hydroxyl groups is 1. The average molecular weight is 645 g/mol. The van der Waals surface area contributed by atoms with Crippen molar-refractivity contribution in [2.24, 2.45) is 0 Å². The highest BCUT2D eigenvalue weighted by atomic mass is 16.5. The molecule has 0 aliphatic heterocycles. The van der Waals surface area contributed by atoms with E-state index in [1.165, 1.54) is 38.2 Å². The summed E-state index contributed by atoms with van der Waals surface area (Å²) in [5.74, 6) is 2.11. The van der Waals surface area contributed by atoms with Crippen LogP contribution >= 0.6 is 0 Å². The van der Waals surface area contributed by atoms with E-state index in [1.54, 1.807) is 36.4 Å². The molecule has 0 saturated carbocycles. The Kier molecular flexibility index (Phi) is 17.8. The largest absolute Gasteiger partial charge is 0.494 e. The van der Waals surface area contributed by atoms with Crippen molar-refractivity contribution in [1.82, 2.24) is 0 Å². The third-order valence-electron chi connectivity index (χ3n) is 7.89. The molecule has 7 heteroatoms. The molecule has 1 atom stereocenters. The molecule has 0 bridgehead atoms. The number of carbonyl (C=O) groups excluding carboxylic acids is 2. The highest BCUT2D eigenvalue weighted by molar-refractivity contribution is 5.92. The number of ether oxygens (including phenoxy) is 4. The van der Waals surface area contributed by atoms with Crippen LogP contribution in [0.15, 0.2) is 85.5 Å². The van der Waals surface area contributed by atoms with E-state index in [0.29, 0.717) is 37.6 Å². The second-order valence-corrected chi connectivity index (χ2v) is 11.8. The summed E-state index contributed by atoms with van der Waals surface area (Å²) in [7, 11) is 0. The molecule has 0 aliphatic carbocycles. The molecule has 0 aromatic heterocycles. The smallest absolute Gasteiger partial charge is 0.343 e. The van der Waals surface area contributed by atoms with Gasteiger partial charge in [0.05, 0.1) is 18.8 Å². The standard InChI is InChI=1S/C40H52O7/c1-3-5-6-14-29-44-34-23-19-33(20-24-34)40(43)47-37-21-17-32(18-22-37)31-46-36-27-25-35(26-28-36)45-30-15-12-10-8-7-9-11-13-16-39(42)38(41)4-2/h4,17-28,39,42H,2-3,5-16,29-31H2,1H3. The van der Waals surface area contributed by atoms with Gasteiger partial charge in [-0.3, -0.25) is 4.79 Å². The van der Waals surface area contributed by atoms with E-state index in [9.17, 15) is 14.7 Å². The zero-order chi connectivity index (χ0) is 33.5. The second kappa shape index (κ2) is 22.4. The van der Waals surface area contributed by atoms with Crippen molar-refractivity contribution >= 4 is 11.8 Å². The summed E-state index contributed by atoms with van der Waals surface area (Å²) < 4.78 is 23.1. The van der Waals surface area contributed by atoms with Gasteiger partial charge in [0.1, 0.15) is 35.7 Å². The van der Waals surface area contributed by atoms with Crippen LogP contribution < -0.4 is 18.9 Å². The summed E-state index contributed by atoms with van der Waals surface area (Å²) in [5.41, 5.74) is 1.43. The molecule has 0 aliphatic rings. The molecule has 1 N–H and O–H groups in total. The Labute approximate surface area is 280 Å². The summed E-state index contributed by atoms with van der Waals surface area (Å²) >= 11 is 0. The van der Waals surface area contributed by atoms with Gasteiger partial charge < -0.3 is 24.1 Å². The predicted molar refractivity (Wildman–Crippen MR) is 187 cm³/mol. The molecule has 0 heterocycles. The van der Waals surface area contributed by atoms with Gasteiger partial charge in [0.2, 0.25) is 0 Å². The van der Waals surface area contributed by atoms with Gasteiger partial charge in [-0.1, -0.05) is 89.8 Å². The number of carbonyl (C=O) groups is 2. The van der Waals surface area contributed by atoms with Crippen LogP contribution in [-0.2, 0) is 11.4 Å². The third kappa shape index (κ3) is 15.4. The molecule has 3 rings (SSSR count). The first-order valence-corrected chi connectivity index (χ1v) is 17.2. The van der Waals surface area contributed by atoms with Gasteiger partial charge in [-0.05, 0) is 91.6 Å². The van der Waals surface area contributed by atoms with E-state index < -0.39 is 12.1 Å². The van der Waals surface area contributed by atoms with Gasteiger partial charge in [-0.15, -0.1) is 0 Å². The van der Waals surface area contributed by atoms with Crippen molar-refractivity contribution in [3.63, 3.8) is 0 Å². The lowest BCUT2D eigenvalue weighted by Gasteiger charge is -2.10. The molecule has 1 unspecified atom stereocenters. The molecule has 47 heavy (non-hydrogen) atoms. The number of hydrogen-bond acceptors (Lipinski definition) is 7. The number of esters is 1. The predicted octanol–water partition coefficient (Wildman–Crippen LogP) is 9.45. The van der Waals surface area contributed by atoms with E-state index >= 15 is 0 Å². The maximum absolute atomic E-state index is 12.6. The topological polar surface area (TPSA) is 91.3 Å². The summed E-state index contributed by atoms with van der Waals surface area (Å²) in [5, 5.41) is 9.63. The maximum atomic E-state index is 12.6. The first kappa shape index (κ1) is 37.4. The molecule has 0 saturated heterocycles. The highest BCUT2D eigenvalue weighted by Crippen LogP contribution is 2.21. The quantitative estimate of drug-likeness (QED) is 0.0425. The van der Waals surface area contributed by atoms with Gasteiger partial charge in [0, 0.05) is 0 Å². The molecule has 3 aromatic carbocycles. The summed E-state index contributed by atoms with van der Waals surface area (Å²) in [6, 6.07) is 22.0. The fourth-order valence-electron chi connectivity index (χ4n) is 4.99. The molecule has 0 amide bonds. The van der Waals surface area contributed by atoms with Crippen molar-refractivity contribution in [1.29, 1.82) is 0 Å². The van der Waals surface area contributed by atoms with Crippen molar-refractivity contribution in [3.8, 4) is 23.0 Å². The number of benzene rings is 3. The molecular weight excluding hydrogens is 592 g/mol. The molecular formula is C40H52O7. The zero-order valence-corrected chi connectivity index (χ0v) is 28.0. The van der Waals surface area contributed by atoms with Crippen molar-refractivity contribution in [3.05, 3.63) is 96.6 Å². The number of aliphatic hydroxyl groups excluding tert-OH is 1. The number of ketones is 1. The van der Waals surface area contributed by atoms with Crippen LogP contribution in [-0.4, -0.2) is 36.2 Å². The van der Waals surface area contributed by atoms with Crippen molar-refractivity contribution in [2.75, 3.05) is 13.2 Å². The average Bonchev–Trinajstić information content (AvgIpc) is 3.10. The van der Waals surface area contributed by atoms with Crippen molar-refractivity contribution in [2.45, 2.75) is 103 Å². The van der Waals surface area contributed by atoms with Crippen LogP contribution in [0.1, 0.15) is 106 Å². The van der Waals surface area contributed by atoms with Gasteiger partial charge in [-0.25, -0.2) is 4.79 Å². The third-order valence-corrected chi connectivity index (χ3v) is 7.89. The fraction of sp³-hybridized carbons (Fsp3) is 0.450. The van der Waals surface area contributed by atoms with E-state index in [4.69, 9.17) is 18.9 Å². The van der Waals surface area contributed by atoms with Gasteiger partial charge in [-0.2, -0.15) is 0 Å². The first-order chi connectivity index (χ1) is 23.0. The van der Waals surface area contributed by atoms with Crippen LogP contribution in [0.5, 0.6) is 23.0 Å². The molecule has 0 radical (unpaired) electrons. The molecule has 3 aromatic rings. The Morgan fingerprint density at radius 3 is 1.66 bits per heavy atom. The second-order valence-electron chi connectivity index (χ2n) is 11.8. The number of unbranched alkanes of at least 4 members (excludes halogenated alkanes) is 10. The lowest BCUT2D eigenvalue weighted by Crippen LogP contribution is -2.17. The Balaban J connectivity index is 1.24. The lowest BCUT2D eigenvalue weighted by atomic mass is 10.0. The molecule has 7 nitrogen and oxygen atoms in total. The minimum absolute atomic E-state index is 0.283. The molecule has 254 valence electrons. The first-order valence-electron chi connectivity index (χ1n) is 17.2. The molecule has 0 spiro atoms. The van der Waals surface area contributed by atoms with Crippen molar-refractivity contribution < 1.29 is 33.6 Å². The fourth-order valence-corrected chi connectivity index (χ4v) is 4.99. The zero-order valence-electron chi connectivity index (χ0n) is 28.0. The minimum Gasteiger partial charge on any atom is -0.494 e. The van der Waals surface area contributed by atoms with E-state index in [1.807, 2.05) is 36.4 Å². The van der Waals surface area contributed by atoms with Crippen LogP contribution in [0.25, 0.3) is 0 Å². The monoisotopic (exact) mass is 644 g/mol. The van der Waals surface area contributed by atoms with Crippen LogP contribution in [0, 0.1) is 0 Å². The minimum atomic E-state index is -0.887. The Hall–Kier alpha value is -4.10. The van der Waals surface area contributed by atoms with Crippen LogP contribution in [0.3, 0.4) is 0 Å². The number of hydrogen-bond donors (Lipinski definition) is 1. The van der Waals surface area contributed by atoms with E-state index in [2.05, 4.69) is 13.5 Å². The highest BCUT2D eigenvalue weighted by Gasteiger charge is 2.11. The summed E-state index contributed by atoms with van der Waals surface area (Å²) in [4.78, 5) is 23.9. The Morgan fingerprint density at radius 2 is 1.11 bits per heavy atom. The van der Waals surface area contributed by atoms with Gasteiger partial charge in [0.15, 0.2) is 5.78 Å². The number of rotatable bonds is 25. The SMILES string of the molecule is C=CC(=O)C(O)CCCCCCCCCCOc1ccc(OCc2ccc(OC(=O)c3ccc(OCCCCCC)cc3)cc2)cc1. The Morgan fingerprint density at radius 1 is 0.638 bits per heavy atom. The normalized spacial score (nSPS) is 11.4. The summed E-state index contributed by atoms with van der Waals surface area (Å²) in [6.07, 6.45) is 14.2. The van der Waals surface area contributed by atoms with Crippen LogP contribution in [0.2, 0.25) is 0 Å². The summed E-state index contributed by atoms with van der Waals surface area (Å²) in [6.45, 7) is 7.35. The molecule has 0 fully saturated rings. The Bertz CT molecular complexity index is 1300. The van der Waals surface area contributed by atoms with Crippen LogP contribution in [0.4, 0.5) is 0 Å². The van der Waals surface area contributed by atoms with E-state index in [-0.39, 0.29) is 5.78 Å².